The third kappa shape index (κ3) is 1.58. The molecule has 1 heteroatoms. The van der Waals surface area contributed by atoms with Crippen LogP contribution in [0, 0.1) is 10.8 Å². The Labute approximate surface area is 110 Å². The van der Waals surface area contributed by atoms with E-state index in [2.05, 4.69) is 34.6 Å². The minimum Gasteiger partial charge on any atom is -0.303 e. The summed E-state index contributed by atoms with van der Waals surface area (Å²) in [5.41, 5.74) is 6.79. The molecule has 0 amide bonds. The van der Waals surface area contributed by atoms with Gasteiger partial charge < -0.3 is 5.41 Å². The topological polar surface area (TPSA) is 23.9 Å². The zero-order chi connectivity index (χ0) is 13.5. The van der Waals surface area contributed by atoms with Crippen LogP contribution in [-0.4, -0.2) is 5.71 Å². The molecular weight excluding hydrogens is 218 g/mol. The molecule has 0 atom stereocenters. The van der Waals surface area contributed by atoms with Crippen LogP contribution >= 0.6 is 0 Å². The van der Waals surface area contributed by atoms with Gasteiger partial charge in [-0.25, -0.2) is 0 Å². The minimum absolute atomic E-state index is 0.241. The van der Waals surface area contributed by atoms with Crippen LogP contribution in [0.4, 0.5) is 0 Å². The Bertz CT molecular complexity index is 535. The Morgan fingerprint density at radius 3 is 1.78 bits per heavy atom. The third-order valence-electron chi connectivity index (χ3n) is 4.75. The van der Waals surface area contributed by atoms with Crippen LogP contribution < -0.4 is 0 Å². The van der Waals surface area contributed by atoms with E-state index in [0.29, 0.717) is 5.71 Å². The summed E-state index contributed by atoms with van der Waals surface area (Å²) in [4.78, 5) is 0. The summed E-state index contributed by atoms with van der Waals surface area (Å²) in [6, 6.07) is 10.0. The molecular formula is C17H21N. The lowest BCUT2D eigenvalue weighted by molar-refractivity contribution is 0.668. The third-order valence-corrected chi connectivity index (χ3v) is 4.75. The summed E-state index contributed by atoms with van der Waals surface area (Å²) in [5, 5.41) is 8.60. The molecule has 0 saturated carbocycles. The standard InChI is InChI=1S/C17H21N/c1-11-12(2)14(4)17(5,13(11)3)16(18)15-9-7-6-8-10-15/h6-10,18H,1-5H3. The highest BCUT2D eigenvalue weighted by Crippen LogP contribution is 2.48. The second kappa shape index (κ2) is 4.24. The van der Waals surface area contributed by atoms with Gasteiger partial charge in [0.1, 0.15) is 0 Å². The predicted molar refractivity (Wildman–Crippen MR) is 78.1 cm³/mol. The van der Waals surface area contributed by atoms with Gasteiger partial charge in [0.2, 0.25) is 0 Å². The van der Waals surface area contributed by atoms with Crippen LogP contribution in [0.1, 0.15) is 40.2 Å². The van der Waals surface area contributed by atoms with Crippen LogP contribution in [0.5, 0.6) is 0 Å². The summed E-state index contributed by atoms with van der Waals surface area (Å²) >= 11 is 0. The van der Waals surface area contributed by atoms with Crippen molar-refractivity contribution in [3.63, 3.8) is 0 Å². The SMILES string of the molecule is CC1=C(C)C(C)(C(=N)c2ccccc2)C(C)=C1C. The summed E-state index contributed by atoms with van der Waals surface area (Å²) in [6.07, 6.45) is 0. The van der Waals surface area contributed by atoms with E-state index < -0.39 is 0 Å². The van der Waals surface area contributed by atoms with Crippen molar-refractivity contribution in [2.45, 2.75) is 34.6 Å². The fraction of sp³-hybridized carbons (Fsp3) is 0.353. The Morgan fingerprint density at radius 2 is 1.33 bits per heavy atom. The number of rotatable bonds is 2. The van der Waals surface area contributed by atoms with E-state index in [1.807, 2.05) is 30.3 Å². The van der Waals surface area contributed by atoms with Crippen molar-refractivity contribution in [3.8, 4) is 0 Å². The Balaban J connectivity index is 2.55. The van der Waals surface area contributed by atoms with Gasteiger partial charge in [0.15, 0.2) is 0 Å². The lowest BCUT2D eigenvalue weighted by atomic mass is 9.73. The number of hydrogen-bond donors (Lipinski definition) is 1. The van der Waals surface area contributed by atoms with Gasteiger partial charge in [0.25, 0.3) is 0 Å². The maximum absolute atomic E-state index is 8.60. The molecule has 0 bridgehead atoms. The van der Waals surface area contributed by atoms with Crippen LogP contribution in [0.15, 0.2) is 52.6 Å². The van der Waals surface area contributed by atoms with E-state index >= 15 is 0 Å². The number of allylic oxidation sites excluding steroid dienone is 4. The van der Waals surface area contributed by atoms with E-state index in [4.69, 9.17) is 5.41 Å². The molecule has 1 aliphatic rings. The number of hydrogen-bond acceptors (Lipinski definition) is 1. The average molecular weight is 239 g/mol. The molecule has 0 unspecified atom stereocenters. The second-order valence-electron chi connectivity index (χ2n) is 5.37. The lowest BCUT2D eigenvalue weighted by Crippen LogP contribution is -2.29. The smallest absolute Gasteiger partial charge is 0.0526 e. The highest BCUT2D eigenvalue weighted by atomic mass is 14.5. The molecule has 0 heterocycles. The maximum atomic E-state index is 8.60. The van der Waals surface area contributed by atoms with Gasteiger partial charge in [-0.2, -0.15) is 0 Å². The van der Waals surface area contributed by atoms with E-state index in [9.17, 15) is 0 Å². The zero-order valence-corrected chi connectivity index (χ0v) is 11.9. The maximum Gasteiger partial charge on any atom is 0.0526 e. The van der Waals surface area contributed by atoms with E-state index in [1.54, 1.807) is 0 Å². The largest absolute Gasteiger partial charge is 0.303 e. The molecule has 0 aromatic heterocycles. The molecule has 0 spiro atoms. The molecule has 0 aliphatic heterocycles. The van der Waals surface area contributed by atoms with Crippen molar-refractivity contribution in [1.29, 1.82) is 5.41 Å². The Kier molecular flexibility index (Phi) is 3.02. The first-order valence-electron chi connectivity index (χ1n) is 6.41. The second-order valence-corrected chi connectivity index (χ2v) is 5.37. The van der Waals surface area contributed by atoms with Crippen LogP contribution in [0.3, 0.4) is 0 Å². The number of nitrogens with one attached hydrogen (secondary N) is 1. The first-order chi connectivity index (χ1) is 8.40. The fourth-order valence-electron chi connectivity index (χ4n) is 2.86. The monoisotopic (exact) mass is 239 g/mol. The van der Waals surface area contributed by atoms with Crippen molar-refractivity contribution < 1.29 is 0 Å². The molecule has 0 radical (unpaired) electrons. The van der Waals surface area contributed by atoms with E-state index in [1.165, 1.54) is 22.3 Å². The summed E-state index contributed by atoms with van der Waals surface area (Å²) in [7, 11) is 0. The molecule has 94 valence electrons. The molecule has 1 aromatic carbocycles. The van der Waals surface area contributed by atoms with Gasteiger partial charge in [-0.15, -0.1) is 0 Å². The van der Waals surface area contributed by atoms with Crippen LogP contribution in [0.2, 0.25) is 0 Å². The van der Waals surface area contributed by atoms with Crippen molar-refractivity contribution in [2.75, 3.05) is 0 Å². The normalized spacial score (nSPS) is 18.5. The van der Waals surface area contributed by atoms with Crippen molar-refractivity contribution in [3.05, 3.63) is 58.2 Å². The minimum atomic E-state index is -0.241. The number of benzene rings is 1. The Hall–Kier alpha value is -1.63. The molecule has 0 fully saturated rings. The highest BCUT2D eigenvalue weighted by molar-refractivity contribution is 6.07. The first-order valence-corrected chi connectivity index (χ1v) is 6.41. The van der Waals surface area contributed by atoms with Gasteiger partial charge in [-0.05, 0) is 51.3 Å². The average Bonchev–Trinajstić information content (AvgIpc) is 2.55. The molecule has 18 heavy (non-hydrogen) atoms. The first kappa shape index (κ1) is 12.8. The van der Waals surface area contributed by atoms with Gasteiger partial charge >= 0.3 is 0 Å². The zero-order valence-electron chi connectivity index (χ0n) is 11.9. The lowest BCUT2D eigenvalue weighted by Gasteiger charge is -2.30. The van der Waals surface area contributed by atoms with Gasteiger partial charge in [-0.3, -0.25) is 0 Å². The van der Waals surface area contributed by atoms with E-state index in [0.717, 1.165) is 5.56 Å². The molecule has 2 rings (SSSR count). The van der Waals surface area contributed by atoms with Gasteiger partial charge in [-0.1, -0.05) is 41.5 Å². The Morgan fingerprint density at radius 1 is 0.889 bits per heavy atom. The molecule has 1 aliphatic carbocycles. The summed E-state index contributed by atoms with van der Waals surface area (Å²) in [5.74, 6) is 0. The van der Waals surface area contributed by atoms with Gasteiger partial charge in [0.05, 0.1) is 11.1 Å². The molecule has 1 aromatic rings. The molecule has 1 N–H and O–H groups in total. The van der Waals surface area contributed by atoms with E-state index in [-0.39, 0.29) is 5.41 Å². The fourth-order valence-corrected chi connectivity index (χ4v) is 2.86. The quantitative estimate of drug-likeness (QED) is 0.720. The van der Waals surface area contributed by atoms with Crippen LogP contribution in [-0.2, 0) is 0 Å². The highest BCUT2D eigenvalue weighted by Gasteiger charge is 2.40. The van der Waals surface area contributed by atoms with Gasteiger partial charge in [0, 0.05) is 0 Å². The molecule has 0 saturated heterocycles. The molecule has 1 nitrogen and oxygen atoms in total. The van der Waals surface area contributed by atoms with Crippen molar-refractivity contribution in [2.24, 2.45) is 5.41 Å². The van der Waals surface area contributed by atoms with Crippen molar-refractivity contribution in [1.82, 2.24) is 0 Å². The summed E-state index contributed by atoms with van der Waals surface area (Å²) < 4.78 is 0. The predicted octanol–water partition coefficient (Wildman–Crippen LogP) is 4.75. The van der Waals surface area contributed by atoms with Crippen LogP contribution in [0.25, 0.3) is 0 Å². The summed E-state index contributed by atoms with van der Waals surface area (Å²) in [6.45, 7) is 10.8. The van der Waals surface area contributed by atoms with Crippen molar-refractivity contribution >= 4 is 5.71 Å².